The molecular weight excluding hydrogens is 717 g/mol. The zero-order valence-electron chi connectivity index (χ0n) is 33.0. The van der Waals surface area contributed by atoms with E-state index in [1.54, 1.807) is 0 Å². The maximum Gasteiger partial charge on any atom is 0.411 e. The molecule has 2 unspecified atom stereocenters. The number of amides is 3. The van der Waals surface area contributed by atoms with Crippen molar-refractivity contribution in [2.24, 2.45) is 5.92 Å². The van der Waals surface area contributed by atoms with Gasteiger partial charge >= 0.3 is 12.2 Å². The third-order valence-electron chi connectivity index (χ3n) is 10.5. The zero-order valence-corrected chi connectivity index (χ0v) is 33.0. The van der Waals surface area contributed by atoms with Gasteiger partial charge in [0, 0.05) is 6.42 Å². The molecule has 0 aromatic heterocycles. The van der Waals surface area contributed by atoms with Crippen molar-refractivity contribution in [3.05, 3.63) is 144 Å². The molecule has 304 valence electrons. The van der Waals surface area contributed by atoms with Gasteiger partial charge in [0.25, 0.3) is 0 Å². The quantitative estimate of drug-likeness (QED) is 0.0201. The van der Waals surface area contributed by atoms with E-state index in [9.17, 15) is 29.4 Å². The van der Waals surface area contributed by atoms with Crippen LogP contribution in [0.4, 0.5) is 9.59 Å². The highest BCUT2D eigenvalue weighted by atomic mass is 16.4. The summed E-state index contributed by atoms with van der Waals surface area (Å²) < 4.78 is 0. The summed E-state index contributed by atoms with van der Waals surface area (Å²) in [6.45, 7) is 0.828. The molecule has 0 heterocycles. The lowest BCUT2D eigenvalue weighted by Gasteiger charge is -2.44. The van der Waals surface area contributed by atoms with Gasteiger partial charge in [-0.15, -0.1) is 0 Å². The smallest absolute Gasteiger partial charge is 0.411 e. The zero-order chi connectivity index (χ0) is 40.6. The van der Waals surface area contributed by atoms with Crippen LogP contribution >= 0.6 is 0 Å². The van der Waals surface area contributed by atoms with Crippen LogP contribution in [0, 0.1) is 5.92 Å². The number of rotatable bonds is 27. The number of unbranched alkanes of at least 4 members (excludes halogenated alkanes) is 8. The second kappa shape index (κ2) is 25.0. The monoisotopic (exact) mass is 776 g/mol. The SMILES string of the molecule is O=CC(Cc1ccccc1)NCCCCCCCCCCC[C@@H](Cc1ccccc1)C(Cc1ccccc1)(NC(=O)O)N[C@@H](Cc1ccccc1)C(=O)NC(=O)O. The molecule has 0 fully saturated rings. The van der Waals surface area contributed by atoms with Crippen molar-refractivity contribution in [1.82, 2.24) is 21.3 Å². The normalized spacial score (nSPS) is 13.8. The number of carbonyl (C=O) groups is 4. The first-order valence-electron chi connectivity index (χ1n) is 20.4. The molecule has 57 heavy (non-hydrogen) atoms. The third kappa shape index (κ3) is 16.7. The number of carbonyl (C=O) groups excluding carboxylic acids is 2. The number of aldehydes is 1. The standard InChI is InChI=1S/C47H60N4O6/c52-36-42(33-38-24-14-9-15-25-38)48-31-21-7-5-3-1-2-4-6-20-30-41(32-37-22-12-8-13-23-37)47(51-46(56)57,35-40-28-18-11-19-29-40)50-43(44(53)49-45(54)55)34-39-26-16-10-17-27-39/h8-19,22-29,36,41-43,48,50-51H,1-7,20-21,30-35H2,(H,49,53)(H,54,55)(H,56,57)/t41-,42?,43-,47?/m0/s1. The van der Waals surface area contributed by atoms with E-state index < -0.39 is 29.8 Å². The van der Waals surface area contributed by atoms with Crippen LogP contribution in [0.5, 0.6) is 0 Å². The minimum Gasteiger partial charge on any atom is -0.465 e. The summed E-state index contributed by atoms with van der Waals surface area (Å²) in [6, 6.07) is 37.7. The third-order valence-corrected chi connectivity index (χ3v) is 10.5. The fourth-order valence-corrected chi connectivity index (χ4v) is 7.67. The molecule has 0 aliphatic heterocycles. The second-order valence-electron chi connectivity index (χ2n) is 15.0. The van der Waals surface area contributed by atoms with Crippen LogP contribution in [0.3, 0.4) is 0 Å². The van der Waals surface area contributed by atoms with Gasteiger partial charge in [0.2, 0.25) is 5.91 Å². The number of benzene rings is 4. The van der Waals surface area contributed by atoms with E-state index in [2.05, 4.69) is 16.0 Å². The van der Waals surface area contributed by atoms with E-state index in [0.29, 0.717) is 19.3 Å². The largest absolute Gasteiger partial charge is 0.465 e. The number of carboxylic acid groups (broad SMARTS) is 2. The Morgan fingerprint density at radius 2 is 1.02 bits per heavy atom. The van der Waals surface area contributed by atoms with Gasteiger partial charge in [-0.3, -0.25) is 15.4 Å². The van der Waals surface area contributed by atoms with Crippen LogP contribution in [0.25, 0.3) is 0 Å². The molecule has 0 aliphatic rings. The molecule has 3 amide bonds. The number of imide groups is 1. The Kier molecular flexibility index (Phi) is 19.5. The molecule has 0 radical (unpaired) electrons. The molecule has 4 aromatic carbocycles. The predicted octanol–water partition coefficient (Wildman–Crippen LogP) is 8.35. The minimum absolute atomic E-state index is 0.153. The first kappa shape index (κ1) is 44.4. The van der Waals surface area contributed by atoms with E-state index in [0.717, 1.165) is 92.9 Å². The van der Waals surface area contributed by atoms with Crippen molar-refractivity contribution in [2.75, 3.05) is 6.54 Å². The Hall–Kier alpha value is -5.32. The number of hydrogen-bond acceptors (Lipinski definition) is 6. The van der Waals surface area contributed by atoms with Crippen LogP contribution in [-0.4, -0.2) is 58.9 Å². The summed E-state index contributed by atoms with van der Waals surface area (Å²) in [5.41, 5.74) is 2.54. The number of nitrogens with one attached hydrogen (secondary N) is 4. The van der Waals surface area contributed by atoms with Crippen molar-refractivity contribution in [3.63, 3.8) is 0 Å². The van der Waals surface area contributed by atoms with Crippen LogP contribution in [0.2, 0.25) is 0 Å². The minimum atomic E-state index is -1.47. The Balaban J connectivity index is 1.40. The van der Waals surface area contributed by atoms with E-state index in [1.165, 1.54) is 0 Å². The highest BCUT2D eigenvalue weighted by molar-refractivity contribution is 5.94. The molecule has 0 bridgehead atoms. The average molecular weight is 777 g/mol. The average Bonchev–Trinajstić information content (AvgIpc) is 3.21. The van der Waals surface area contributed by atoms with Crippen LogP contribution < -0.4 is 21.3 Å². The first-order chi connectivity index (χ1) is 27.8. The Bertz CT molecular complexity index is 1750. The molecule has 4 atom stereocenters. The molecule has 0 aliphatic carbocycles. The highest BCUT2D eigenvalue weighted by Gasteiger charge is 2.43. The van der Waals surface area contributed by atoms with Gasteiger partial charge in [0.05, 0.1) is 12.1 Å². The predicted molar refractivity (Wildman–Crippen MR) is 225 cm³/mol. The summed E-state index contributed by atoms with van der Waals surface area (Å²) in [4.78, 5) is 49.6. The van der Waals surface area contributed by atoms with Crippen LogP contribution in [-0.2, 0) is 35.3 Å². The first-order valence-corrected chi connectivity index (χ1v) is 20.4. The lowest BCUT2D eigenvalue weighted by molar-refractivity contribution is -0.123. The van der Waals surface area contributed by atoms with Crippen LogP contribution in [0.15, 0.2) is 121 Å². The van der Waals surface area contributed by atoms with E-state index in [4.69, 9.17) is 0 Å². The lowest BCUT2D eigenvalue weighted by Crippen LogP contribution is -2.69. The van der Waals surface area contributed by atoms with Gasteiger partial charge < -0.3 is 25.6 Å². The van der Waals surface area contributed by atoms with Gasteiger partial charge in [-0.2, -0.15) is 0 Å². The van der Waals surface area contributed by atoms with E-state index in [-0.39, 0.29) is 24.8 Å². The molecule has 0 saturated carbocycles. The molecule has 6 N–H and O–H groups in total. The van der Waals surface area contributed by atoms with Gasteiger partial charge in [0.15, 0.2) is 0 Å². The highest BCUT2D eigenvalue weighted by Crippen LogP contribution is 2.31. The molecule has 4 rings (SSSR count). The topological polar surface area (TPSA) is 157 Å². The fourth-order valence-electron chi connectivity index (χ4n) is 7.67. The van der Waals surface area contributed by atoms with Gasteiger partial charge in [-0.05, 0) is 66.8 Å². The summed E-state index contributed by atoms with van der Waals surface area (Å²) in [6.07, 6.45) is 10.2. The number of hydrogen-bond donors (Lipinski definition) is 6. The fraction of sp³-hybridized carbons (Fsp3) is 0.404. The summed E-state index contributed by atoms with van der Waals surface area (Å²) in [7, 11) is 0. The molecule has 10 nitrogen and oxygen atoms in total. The summed E-state index contributed by atoms with van der Waals surface area (Å²) in [5.74, 6) is -1.05. The van der Waals surface area contributed by atoms with Crippen molar-refractivity contribution < 1.29 is 29.4 Å². The van der Waals surface area contributed by atoms with Crippen LogP contribution in [0.1, 0.15) is 86.5 Å². The van der Waals surface area contributed by atoms with E-state index in [1.807, 2.05) is 127 Å². The summed E-state index contributed by atoms with van der Waals surface area (Å²) >= 11 is 0. The van der Waals surface area contributed by atoms with Gasteiger partial charge in [0.1, 0.15) is 11.9 Å². The Morgan fingerprint density at radius 3 is 1.51 bits per heavy atom. The molecule has 0 saturated heterocycles. The second-order valence-corrected chi connectivity index (χ2v) is 15.0. The van der Waals surface area contributed by atoms with Crippen molar-refractivity contribution in [3.8, 4) is 0 Å². The maximum atomic E-state index is 13.6. The molecular formula is C47H60N4O6. The molecule has 4 aromatic rings. The van der Waals surface area contributed by atoms with Crippen molar-refractivity contribution in [1.29, 1.82) is 0 Å². The van der Waals surface area contributed by atoms with Gasteiger partial charge in [-0.25, -0.2) is 9.59 Å². The van der Waals surface area contributed by atoms with E-state index >= 15 is 0 Å². The lowest BCUT2D eigenvalue weighted by atomic mass is 9.78. The summed E-state index contributed by atoms with van der Waals surface area (Å²) in [5, 5.41) is 31.7. The van der Waals surface area contributed by atoms with Crippen molar-refractivity contribution >= 4 is 24.4 Å². The molecule has 0 spiro atoms. The maximum absolute atomic E-state index is 13.6. The Labute approximate surface area is 337 Å². The molecule has 10 heteroatoms. The Morgan fingerprint density at radius 1 is 0.561 bits per heavy atom. The van der Waals surface area contributed by atoms with Crippen molar-refractivity contribution in [2.45, 2.75) is 108 Å². The van der Waals surface area contributed by atoms with Gasteiger partial charge in [-0.1, -0.05) is 173 Å².